The molecule has 106 valence electrons. The average Bonchev–Trinajstić information content (AvgIpc) is 2.84. The molecule has 0 fully saturated rings. The quantitative estimate of drug-likeness (QED) is 0.638. The normalized spacial score (nSPS) is 10.8. The third-order valence-electron chi connectivity index (χ3n) is 3.00. The van der Waals surface area contributed by atoms with E-state index >= 15 is 0 Å². The number of aryl methyl sites for hydroxylation is 2. The van der Waals surface area contributed by atoms with Crippen molar-refractivity contribution in [1.29, 1.82) is 0 Å². The lowest BCUT2D eigenvalue weighted by Crippen LogP contribution is -2.06. The van der Waals surface area contributed by atoms with Crippen LogP contribution in [0.1, 0.15) is 25.2 Å². The molecule has 1 aromatic heterocycles. The maximum atomic E-state index is 13.6. The van der Waals surface area contributed by atoms with Gasteiger partial charge in [-0.25, -0.2) is 9.07 Å². The fourth-order valence-electron chi connectivity index (χ4n) is 1.95. The molecule has 0 saturated heterocycles. The smallest absolute Gasteiger partial charge is 0.258 e. The first-order chi connectivity index (χ1) is 9.47. The van der Waals surface area contributed by atoms with Gasteiger partial charge in [0.1, 0.15) is 11.5 Å². The summed E-state index contributed by atoms with van der Waals surface area (Å²) >= 11 is 5.61. The van der Waals surface area contributed by atoms with Gasteiger partial charge in [-0.3, -0.25) is 10.1 Å². The minimum atomic E-state index is -0.706. The third kappa shape index (κ3) is 2.51. The highest BCUT2D eigenvalue weighted by atomic mass is 35.5. The summed E-state index contributed by atoms with van der Waals surface area (Å²) in [7, 11) is 0. The molecule has 0 aliphatic heterocycles. The molecule has 0 N–H and O–H groups in total. The number of nitro groups is 1. The molecule has 0 aliphatic rings. The molecule has 1 aromatic carbocycles. The van der Waals surface area contributed by atoms with Crippen LogP contribution in [0.3, 0.4) is 0 Å². The highest BCUT2D eigenvalue weighted by Gasteiger charge is 2.21. The van der Waals surface area contributed by atoms with Crippen LogP contribution in [-0.4, -0.2) is 14.7 Å². The van der Waals surface area contributed by atoms with Crippen molar-refractivity contribution in [3.63, 3.8) is 0 Å². The highest BCUT2D eigenvalue weighted by molar-refractivity contribution is 6.31. The fraction of sp³-hybridized carbons (Fsp3) is 0.308. The molecule has 0 bridgehead atoms. The highest BCUT2D eigenvalue weighted by Crippen LogP contribution is 2.30. The zero-order valence-corrected chi connectivity index (χ0v) is 11.8. The Morgan fingerprint density at radius 1 is 1.35 bits per heavy atom. The standard InChI is InChI=1S/C13H13ClFN3O2/c1-3-8-5-9(4-2)17(16-8)12-7-11(15)10(14)6-13(12)18(19)20/h5-7H,3-4H2,1-2H3. The van der Waals surface area contributed by atoms with Crippen LogP contribution < -0.4 is 0 Å². The van der Waals surface area contributed by atoms with E-state index in [1.807, 2.05) is 19.9 Å². The predicted octanol–water partition coefficient (Wildman–Crippen LogP) is 3.70. The maximum Gasteiger partial charge on any atom is 0.296 e. The lowest BCUT2D eigenvalue weighted by Gasteiger charge is -2.07. The monoisotopic (exact) mass is 297 g/mol. The summed E-state index contributed by atoms with van der Waals surface area (Å²) < 4.78 is 15.1. The summed E-state index contributed by atoms with van der Waals surface area (Å²) in [4.78, 5) is 10.5. The lowest BCUT2D eigenvalue weighted by atomic mass is 10.2. The van der Waals surface area contributed by atoms with Gasteiger partial charge in [-0.05, 0) is 18.9 Å². The van der Waals surface area contributed by atoms with E-state index in [4.69, 9.17) is 11.6 Å². The van der Waals surface area contributed by atoms with E-state index in [2.05, 4.69) is 5.10 Å². The summed E-state index contributed by atoms with van der Waals surface area (Å²) in [5, 5.41) is 15.1. The van der Waals surface area contributed by atoms with E-state index in [-0.39, 0.29) is 16.4 Å². The van der Waals surface area contributed by atoms with Crippen LogP contribution >= 0.6 is 11.6 Å². The van der Waals surface area contributed by atoms with E-state index < -0.39 is 10.7 Å². The number of benzene rings is 1. The SMILES string of the molecule is CCc1cc(CC)n(-c2cc(F)c(Cl)cc2[N+](=O)[O-])n1. The second-order valence-corrected chi connectivity index (χ2v) is 4.67. The first-order valence-electron chi connectivity index (χ1n) is 6.19. The minimum absolute atomic E-state index is 0.0912. The van der Waals surface area contributed by atoms with Crippen LogP contribution in [0.2, 0.25) is 5.02 Å². The van der Waals surface area contributed by atoms with E-state index in [1.165, 1.54) is 4.68 Å². The molecule has 5 nitrogen and oxygen atoms in total. The van der Waals surface area contributed by atoms with Gasteiger partial charge in [-0.1, -0.05) is 25.4 Å². The second-order valence-electron chi connectivity index (χ2n) is 4.26. The maximum absolute atomic E-state index is 13.6. The Labute approximate surface area is 120 Å². The molecular weight excluding hydrogens is 285 g/mol. The summed E-state index contributed by atoms with van der Waals surface area (Å²) in [6.07, 6.45) is 1.33. The van der Waals surface area contributed by atoms with Crippen molar-refractivity contribution in [2.24, 2.45) is 0 Å². The van der Waals surface area contributed by atoms with Crippen molar-refractivity contribution in [3.05, 3.63) is 50.5 Å². The van der Waals surface area contributed by atoms with Crippen LogP contribution in [0.25, 0.3) is 5.69 Å². The van der Waals surface area contributed by atoms with Crippen molar-refractivity contribution in [1.82, 2.24) is 9.78 Å². The largest absolute Gasteiger partial charge is 0.296 e. The minimum Gasteiger partial charge on any atom is -0.258 e. The Morgan fingerprint density at radius 3 is 2.60 bits per heavy atom. The van der Waals surface area contributed by atoms with Crippen LogP contribution in [0.15, 0.2) is 18.2 Å². The van der Waals surface area contributed by atoms with Gasteiger partial charge in [0.25, 0.3) is 5.69 Å². The van der Waals surface area contributed by atoms with Gasteiger partial charge in [0.2, 0.25) is 0 Å². The molecule has 20 heavy (non-hydrogen) atoms. The van der Waals surface area contributed by atoms with Gasteiger partial charge in [0, 0.05) is 17.8 Å². The van der Waals surface area contributed by atoms with E-state index in [0.29, 0.717) is 12.8 Å². The molecular formula is C13H13ClFN3O2. The lowest BCUT2D eigenvalue weighted by molar-refractivity contribution is -0.384. The number of halogens is 2. The molecule has 0 unspecified atom stereocenters. The average molecular weight is 298 g/mol. The van der Waals surface area contributed by atoms with Crippen molar-refractivity contribution < 1.29 is 9.31 Å². The molecule has 0 amide bonds. The summed E-state index contributed by atoms with van der Waals surface area (Å²) in [5.74, 6) is -0.706. The molecule has 2 rings (SSSR count). The van der Waals surface area contributed by atoms with Gasteiger partial charge < -0.3 is 0 Å². The number of aromatic nitrogens is 2. The topological polar surface area (TPSA) is 61.0 Å². The number of hydrogen-bond acceptors (Lipinski definition) is 3. The fourth-order valence-corrected chi connectivity index (χ4v) is 2.11. The van der Waals surface area contributed by atoms with E-state index in [1.54, 1.807) is 0 Å². The number of nitro benzene ring substituents is 1. The zero-order valence-electron chi connectivity index (χ0n) is 11.1. The first kappa shape index (κ1) is 14.5. The van der Waals surface area contributed by atoms with Gasteiger partial charge in [0.05, 0.1) is 15.6 Å². The molecule has 0 radical (unpaired) electrons. The predicted molar refractivity (Wildman–Crippen MR) is 73.9 cm³/mol. The van der Waals surface area contributed by atoms with Gasteiger partial charge in [-0.2, -0.15) is 5.10 Å². The molecule has 2 aromatic rings. The zero-order chi connectivity index (χ0) is 14.9. The Balaban J connectivity index is 2.71. The Morgan fingerprint density at radius 2 is 2.05 bits per heavy atom. The number of rotatable bonds is 4. The Kier molecular flexibility index (Phi) is 4.04. The molecule has 0 spiro atoms. The van der Waals surface area contributed by atoms with Crippen molar-refractivity contribution in [2.75, 3.05) is 0 Å². The van der Waals surface area contributed by atoms with Crippen molar-refractivity contribution >= 4 is 17.3 Å². The van der Waals surface area contributed by atoms with Crippen molar-refractivity contribution in [3.8, 4) is 5.69 Å². The van der Waals surface area contributed by atoms with Gasteiger partial charge in [0.15, 0.2) is 0 Å². The Bertz CT molecular complexity index is 670. The summed E-state index contributed by atoms with van der Waals surface area (Å²) in [5.41, 5.74) is 1.41. The van der Waals surface area contributed by atoms with Crippen LogP contribution in [0, 0.1) is 15.9 Å². The first-order valence-corrected chi connectivity index (χ1v) is 6.57. The Hall–Kier alpha value is -1.95. The number of nitrogens with zero attached hydrogens (tertiary/aromatic N) is 3. The molecule has 0 atom stereocenters. The molecule has 1 heterocycles. The van der Waals surface area contributed by atoms with E-state index in [0.717, 1.165) is 23.5 Å². The second kappa shape index (κ2) is 5.58. The molecule has 0 saturated carbocycles. The van der Waals surface area contributed by atoms with E-state index in [9.17, 15) is 14.5 Å². The summed E-state index contributed by atoms with van der Waals surface area (Å²) in [6, 6.07) is 3.92. The molecule has 7 heteroatoms. The van der Waals surface area contributed by atoms with Gasteiger partial charge >= 0.3 is 0 Å². The number of hydrogen-bond donors (Lipinski definition) is 0. The van der Waals surface area contributed by atoms with Crippen LogP contribution in [-0.2, 0) is 12.8 Å². The van der Waals surface area contributed by atoms with Gasteiger partial charge in [-0.15, -0.1) is 0 Å². The third-order valence-corrected chi connectivity index (χ3v) is 3.29. The molecule has 0 aliphatic carbocycles. The summed E-state index contributed by atoms with van der Waals surface area (Å²) in [6.45, 7) is 3.84. The van der Waals surface area contributed by atoms with Crippen LogP contribution in [0.4, 0.5) is 10.1 Å². The van der Waals surface area contributed by atoms with Crippen LogP contribution in [0.5, 0.6) is 0 Å². The van der Waals surface area contributed by atoms with Crippen molar-refractivity contribution in [2.45, 2.75) is 26.7 Å².